The van der Waals surface area contributed by atoms with E-state index in [9.17, 15) is 9.59 Å². The van der Waals surface area contributed by atoms with E-state index in [2.05, 4.69) is 17.6 Å². The van der Waals surface area contributed by atoms with Crippen LogP contribution >= 0.6 is 0 Å². The summed E-state index contributed by atoms with van der Waals surface area (Å²) in [6.07, 6.45) is 0. The van der Waals surface area contributed by atoms with Crippen molar-refractivity contribution in [1.82, 2.24) is 15.5 Å². The van der Waals surface area contributed by atoms with Crippen molar-refractivity contribution in [3.8, 4) is 0 Å². The maximum Gasteiger partial charge on any atom is 0.244 e. The topological polar surface area (TPSA) is 70.7 Å². The average molecular weight is 255 g/mol. The molecule has 0 radical (unpaired) electrons. The Balaban J connectivity index is 2.08. The molecule has 18 heavy (non-hydrogen) atoms. The number of carbonyl (C=O) groups excluding carboxylic acids is 2. The van der Waals surface area contributed by atoms with Crippen molar-refractivity contribution in [2.24, 2.45) is 11.8 Å². The van der Waals surface area contributed by atoms with Crippen LogP contribution in [0.5, 0.6) is 0 Å². The maximum absolute atomic E-state index is 12.5. The van der Waals surface area contributed by atoms with Crippen LogP contribution in [0.25, 0.3) is 0 Å². The third-order valence-corrected chi connectivity index (χ3v) is 3.80. The summed E-state index contributed by atoms with van der Waals surface area (Å²) < 4.78 is 5.30. The summed E-state index contributed by atoms with van der Waals surface area (Å²) in [5.41, 5.74) is 0. The number of nitrogens with zero attached hydrogens (tertiary/aromatic N) is 1. The zero-order valence-electron chi connectivity index (χ0n) is 10.9. The van der Waals surface area contributed by atoms with Crippen LogP contribution in [0.2, 0.25) is 0 Å². The van der Waals surface area contributed by atoms with Crippen LogP contribution < -0.4 is 10.6 Å². The number of hydrogen-bond acceptors (Lipinski definition) is 4. The van der Waals surface area contributed by atoms with Gasteiger partial charge in [-0.15, -0.1) is 0 Å². The molecule has 2 aliphatic rings. The molecule has 0 bridgehead atoms. The predicted octanol–water partition coefficient (Wildman–Crippen LogP) is -1.18. The molecular weight excluding hydrogens is 234 g/mol. The zero-order chi connectivity index (χ0) is 13.1. The Morgan fingerprint density at radius 2 is 2.17 bits per heavy atom. The lowest BCUT2D eigenvalue weighted by atomic mass is 9.95. The van der Waals surface area contributed by atoms with Gasteiger partial charge < -0.3 is 20.3 Å². The SMILES string of the molecule is CNC(=O)C1COCCN1C(=O)C1CNCC1C. The molecule has 2 fully saturated rings. The zero-order valence-corrected chi connectivity index (χ0v) is 10.9. The van der Waals surface area contributed by atoms with Crippen molar-refractivity contribution in [2.75, 3.05) is 39.9 Å². The maximum atomic E-state index is 12.5. The van der Waals surface area contributed by atoms with Gasteiger partial charge in [0.05, 0.1) is 19.1 Å². The molecule has 6 heteroatoms. The van der Waals surface area contributed by atoms with E-state index in [1.54, 1.807) is 11.9 Å². The standard InChI is InChI=1S/C12H21N3O3/c1-8-5-14-6-9(8)12(17)15-3-4-18-7-10(15)11(16)13-2/h8-10,14H,3-7H2,1-2H3,(H,13,16). The molecular formula is C12H21N3O3. The van der Waals surface area contributed by atoms with Crippen LogP contribution in [0, 0.1) is 11.8 Å². The van der Waals surface area contributed by atoms with Gasteiger partial charge in [0.1, 0.15) is 6.04 Å². The van der Waals surface area contributed by atoms with E-state index in [1.165, 1.54) is 0 Å². The summed E-state index contributed by atoms with van der Waals surface area (Å²) in [6.45, 7) is 4.94. The molecule has 0 aromatic rings. The molecule has 6 nitrogen and oxygen atoms in total. The quantitative estimate of drug-likeness (QED) is 0.651. The Labute approximate surface area is 107 Å². The second kappa shape index (κ2) is 5.67. The van der Waals surface area contributed by atoms with E-state index in [0.29, 0.717) is 32.2 Å². The van der Waals surface area contributed by atoms with E-state index in [0.717, 1.165) is 6.54 Å². The molecule has 0 spiro atoms. The molecule has 3 unspecified atom stereocenters. The predicted molar refractivity (Wildman–Crippen MR) is 65.9 cm³/mol. The fourth-order valence-electron chi connectivity index (χ4n) is 2.60. The van der Waals surface area contributed by atoms with Gasteiger partial charge >= 0.3 is 0 Å². The molecule has 0 aromatic heterocycles. The Kier molecular flexibility index (Phi) is 4.19. The van der Waals surface area contributed by atoms with Gasteiger partial charge in [0.25, 0.3) is 0 Å². The lowest BCUT2D eigenvalue weighted by Crippen LogP contribution is -2.57. The smallest absolute Gasteiger partial charge is 0.244 e. The molecule has 102 valence electrons. The number of amides is 2. The largest absolute Gasteiger partial charge is 0.377 e. The monoisotopic (exact) mass is 255 g/mol. The Hall–Kier alpha value is -1.14. The molecule has 2 amide bonds. The van der Waals surface area contributed by atoms with Crippen LogP contribution in [-0.2, 0) is 14.3 Å². The Morgan fingerprint density at radius 1 is 1.39 bits per heavy atom. The number of ether oxygens (including phenoxy) is 1. The molecule has 2 heterocycles. The van der Waals surface area contributed by atoms with Gasteiger partial charge in [-0.25, -0.2) is 0 Å². The van der Waals surface area contributed by atoms with Gasteiger partial charge in [-0.2, -0.15) is 0 Å². The summed E-state index contributed by atoms with van der Waals surface area (Å²) in [5.74, 6) is 0.229. The van der Waals surface area contributed by atoms with Gasteiger partial charge in [0.2, 0.25) is 11.8 Å². The van der Waals surface area contributed by atoms with E-state index >= 15 is 0 Å². The van der Waals surface area contributed by atoms with Crippen molar-refractivity contribution in [2.45, 2.75) is 13.0 Å². The number of hydrogen-bond donors (Lipinski definition) is 2. The van der Waals surface area contributed by atoms with Crippen molar-refractivity contribution < 1.29 is 14.3 Å². The number of nitrogens with one attached hydrogen (secondary N) is 2. The highest BCUT2D eigenvalue weighted by atomic mass is 16.5. The number of rotatable bonds is 2. The van der Waals surface area contributed by atoms with Crippen LogP contribution in [0.4, 0.5) is 0 Å². The fourth-order valence-corrected chi connectivity index (χ4v) is 2.60. The van der Waals surface area contributed by atoms with Gasteiger partial charge in [-0.05, 0) is 12.5 Å². The van der Waals surface area contributed by atoms with Crippen LogP contribution in [0.1, 0.15) is 6.92 Å². The van der Waals surface area contributed by atoms with Crippen molar-refractivity contribution >= 4 is 11.8 Å². The molecule has 0 aliphatic carbocycles. The van der Waals surface area contributed by atoms with E-state index in [1.807, 2.05) is 0 Å². The fraction of sp³-hybridized carbons (Fsp3) is 0.833. The summed E-state index contributed by atoms with van der Waals surface area (Å²) in [6, 6.07) is -0.482. The molecule has 0 saturated carbocycles. The first-order valence-corrected chi connectivity index (χ1v) is 6.45. The Morgan fingerprint density at radius 3 is 2.78 bits per heavy atom. The summed E-state index contributed by atoms with van der Waals surface area (Å²) in [5, 5.41) is 5.81. The van der Waals surface area contributed by atoms with E-state index < -0.39 is 6.04 Å². The minimum atomic E-state index is -0.482. The van der Waals surface area contributed by atoms with Crippen molar-refractivity contribution in [3.05, 3.63) is 0 Å². The molecule has 3 atom stereocenters. The molecule has 2 saturated heterocycles. The van der Waals surface area contributed by atoms with E-state index in [-0.39, 0.29) is 17.7 Å². The van der Waals surface area contributed by atoms with Crippen molar-refractivity contribution in [3.63, 3.8) is 0 Å². The molecule has 2 N–H and O–H groups in total. The second-order valence-electron chi connectivity index (χ2n) is 4.98. The van der Waals surface area contributed by atoms with Crippen LogP contribution in [0.3, 0.4) is 0 Å². The van der Waals surface area contributed by atoms with Crippen LogP contribution in [-0.4, -0.2) is 62.7 Å². The molecule has 2 rings (SSSR count). The average Bonchev–Trinajstić information content (AvgIpc) is 2.83. The van der Waals surface area contributed by atoms with Crippen LogP contribution in [0.15, 0.2) is 0 Å². The second-order valence-corrected chi connectivity index (χ2v) is 4.98. The third-order valence-electron chi connectivity index (χ3n) is 3.80. The van der Waals surface area contributed by atoms with Crippen molar-refractivity contribution in [1.29, 1.82) is 0 Å². The number of morpholine rings is 1. The highest BCUT2D eigenvalue weighted by Gasteiger charge is 2.38. The summed E-state index contributed by atoms with van der Waals surface area (Å²) in [7, 11) is 1.58. The highest BCUT2D eigenvalue weighted by molar-refractivity contribution is 5.89. The van der Waals surface area contributed by atoms with E-state index in [4.69, 9.17) is 4.74 Å². The minimum Gasteiger partial charge on any atom is -0.377 e. The number of carbonyl (C=O) groups is 2. The van der Waals surface area contributed by atoms with Gasteiger partial charge in [0, 0.05) is 20.1 Å². The molecule has 2 aliphatic heterocycles. The van der Waals surface area contributed by atoms with Gasteiger partial charge in [-0.1, -0.05) is 6.92 Å². The third kappa shape index (κ3) is 2.49. The summed E-state index contributed by atoms with van der Waals surface area (Å²) in [4.78, 5) is 25.9. The Bertz CT molecular complexity index is 335. The highest BCUT2D eigenvalue weighted by Crippen LogP contribution is 2.21. The lowest BCUT2D eigenvalue weighted by molar-refractivity contribution is -0.151. The summed E-state index contributed by atoms with van der Waals surface area (Å²) >= 11 is 0. The number of likely N-dealkylation sites (N-methyl/N-ethyl adjacent to an activating group) is 1. The first kappa shape index (κ1) is 13.3. The van der Waals surface area contributed by atoms with Gasteiger partial charge in [0.15, 0.2) is 0 Å². The first-order valence-electron chi connectivity index (χ1n) is 6.45. The normalized spacial score (nSPS) is 32.3. The first-order chi connectivity index (χ1) is 8.65. The minimum absolute atomic E-state index is 0.0183. The van der Waals surface area contributed by atoms with Gasteiger partial charge in [-0.3, -0.25) is 9.59 Å². The lowest BCUT2D eigenvalue weighted by Gasteiger charge is -2.36. The molecule has 0 aromatic carbocycles.